The standard InChI is InChI=1S/C13H20N2O2/c1-4-15(9-10(2)13(16)17)11(3)12-6-5-7-14-8-12/h5-8,10-11H,4,9H2,1-3H3,(H,16,17). The van der Waals surface area contributed by atoms with Crippen molar-refractivity contribution in [3.63, 3.8) is 0 Å². The highest BCUT2D eigenvalue weighted by molar-refractivity contribution is 5.69. The second-order valence-corrected chi connectivity index (χ2v) is 4.29. The Hall–Kier alpha value is -1.42. The number of aromatic nitrogens is 1. The van der Waals surface area contributed by atoms with Crippen molar-refractivity contribution in [3.8, 4) is 0 Å². The molecule has 1 aromatic heterocycles. The van der Waals surface area contributed by atoms with E-state index < -0.39 is 5.97 Å². The molecule has 4 heteroatoms. The Bertz CT molecular complexity index is 354. The summed E-state index contributed by atoms with van der Waals surface area (Å²) >= 11 is 0. The number of nitrogens with zero attached hydrogens (tertiary/aromatic N) is 2. The normalized spacial score (nSPS) is 14.6. The molecule has 0 aliphatic heterocycles. The monoisotopic (exact) mass is 236 g/mol. The molecule has 0 radical (unpaired) electrons. The summed E-state index contributed by atoms with van der Waals surface area (Å²) in [6, 6.07) is 4.11. The highest BCUT2D eigenvalue weighted by Gasteiger charge is 2.20. The summed E-state index contributed by atoms with van der Waals surface area (Å²) in [6.45, 7) is 7.24. The molecular formula is C13H20N2O2. The summed E-state index contributed by atoms with van der Waals surface area (Å²) in [4.78, 5) is 17.1. The minimum atomic E-state index is -0.748. The summed E-state index contributed by atoms with van der Waals surface area (Å²) in [5.41, 5.74) is 1.12. The zero-order chi connectivity index (χ0) is 12.8. The minimum Gasteiger partial charge on any atom is -0.481 e. The smallest absolute Gasteiger partial charge is 0.307 e. The van der Waals surface area contributed by atoms with Crippen molar-refractivity contribution in [2.24, 2.45) is 5.92 Å². The Kier molecular flexibility index (Phi) is 5.10. The molecule has 0 saturated carbocycles. The van der Waals surface area contributed by atoms with Crippen LogP contribution in [0.1, 0.15) is 32.4 Å². The van der Waals surface area contributed by atoms with Gasteiger partial charge in [-0.05, 0) is 25.1 Å². The molecule has 1 heterocycles. The van der Waals surface area contributed by atoms with Crippen LogP contribution in [0.25, 0.3) is 0 Å². The molecule has 0 aromatic carbocycles. The molecule has 1 rings (SSSR count). The van der Waals surface area contributed by atoms with Gasteiger partial charge in [0.15, 0.2) is 0 Å². The van der Waals surface area contributed by atoms with E-state index in [0.29, 0.717) is 6.54 Å². The first-order valence-corrected chi connectivity index (χ1v) is 5.93. The average Bonchev–Trinajstić information content (AvgIpc) is 2.35. The van der Waals surface area contributed by atoms with Gasteiger partial charge in [-0.2, -0.15) is 0 Å². The van der Waals surface area contributed by atoms with Crippen LogP contribution in [0.2, 0.25) is 0 Å². The lowest BCUT2D eigenvalue weighted by molar-refractivity contribution is -0.141. The first-order valence-electron chi connectivity index (χ1n) is 5.93. The van der Waals surface area contributed by atoms with E-state index in [1.54, 1.807) is 13.1 Å². The Labute approximate surface area is 102 Å². The molecule has 0 spiro atoms. The van der Waals surface area contributed by atoms with E-state index >= 15 is 0 Å². The lowest BCUT2D eigenvalue weighted by Gasteiger charge is -2.29. The Morgan fingerprint density at radius 1 is 1.53 bits per heavy atom. The van der Waals surface area contributed by atoms with Crippen LogP contribution in [0.5, 0.6) is 0 Å². The van der Waals surface area contributed by atoms with Gasteiger partial charge in [0.05, 0.1) is 5.92 Å². The van der Waals surface area contributed by atoms with Crippen LogP contribution in [0.4, 0.5) is 0 Å². The molecular weight excluding hydrogens is 216 g/mol. The summed E-state index contributed by atoms with van der Waals surface area (Å²) in [5, 5.41) is 8.94. The van der Waals surface area contributed by atoms with Gasteiger partial charge in [-0.1, -0.05) is 19.9 Å². The molecule has 0 aliphatic carbocycles. The van der Waals surface area contributed by atoms with Crippen molar-refractivity contribution in [2.75, 3.05) is 13.1 Å². The van der Waals surface area contributed by atoms with E-state index in [1.165, 1.54) is 0 Å². The van der Waals surface area contributed by atoms with Crippen LogP contribution in [0.3, 0.4) is 0 Å². The minimum absolute atomic E-state index is 0.190. The Morgan fingerprint density at radius 2 is 2.24 bits per heavy atom. The summed E-state index contributed by atoms with van der Waals surface area (Å²) in [5.74, 6) is -1.10. The highest BCUT2D eigenvalue weighted by atomic mass is 16.4. The second kappa shape index (κ2) is 6.35. The Balaban J connectivity index is 2.71. The van der Waals surface area contributed by atoms with E-state index in [9.17, 15) is 4.79 Å². The lowest BCUT2D eigenvalue weighted by Crippen LogP contribution is -2.33. The van der Waals surface area contributed by atoms with Crippen LogP contribution in [-0.4, -0.2) is 34.0 Å². The number of carboxylic acids is 1. The van der Waals surface area contributed by atoms with Crippen molar-refractivity contribution in [1.82, 2.24) is 9.88 Å². The fraction of sp³-hybridized carbons (Fsp3) is 0.538. The van der Waals surface area contributed by atoms with Gasteiger partial charge in [-0.3, -0.25) is 14.7 Å². The van der Waals surface area contributed by atoms with Gasteiger partial charge in [0, 0.05) is 25.0 Å². The zero-order valence-electron chi connectivity index (χ0n) is 10.6. The molecule has 94 valence electrons. The molecule has 0 amide bonds. The SMILES string of the molecule is CCN(CC(C)C(=O)O)C(C)c1cccnc1. The summed E-state index contributed by atoms with van der Waals surface area (Å²) in [7, 11) is 0. The maximum atomic E-state index is 10.9. The molecule has 1 aromatic rings. The van der Waals surface area contributed by atoms with Crippen molar-refractivity contribution in [2.45, 2.75) is 26.8 Å². The fourth-order valence-corrected chi connectivity index (χ4v) is 1.82. The molecule has 17 heavy (non-hydrogen) atoms. The van der Waals surface area contributed by atoms with Crippen molar-refractivity contribution in [3.05, 3.63) is 30.1 Å². The molecule has 0 aliphatic rings. The number of pyridine rings is 1. The van der Waals surface area contributed by atoms with E-state index in [0.717, 1.165) is 12.1 Å². The maximum Gasteiger partial charge on any atom is 0.307 e. The van der Waals surface area contributed by atoms with Gasteiger partial charge >= 0.3 is 5.97 Å². The Morgan fingerprint density at radius 3 is 2.71 bits per heavy atom. The van der Waals surface area contributed by atoms with Crippen LogP contribution in [-0.2, 0) is 4.79 Å². The van der Waals surface area contributed by atoms with Crippen molar-refractivity contribution < 1.29 is 9.90 Å². The van der Waals surface area contributed by atoms with Gasteiger partial charge in [-0.25, -0.2) is 0 Å². The van der Waals surface area contributed by atoms with E-state index in [4.69, 9.17) is 5.11 Å². The second-order valence-electron chi connectivity index (χ2n) is 4.29. The predicted molar refractivity (Wildman–Crippen MR) is 66.7 cm³/mol. The molecule has 0 saturated heterocycles. The van der Waals surface area contributed by atoms with Crippen molar-refractivity contribution in [1.29, 1.82) is 0 Å². The third kappa shape index (κ3) is 3.82. The number of rotatable bonds is 6. The van der Waals surface area contributed by atoms with E-state index in [-0.39, 0.29) is 12.0 Å². The highest BCUT2D eigenvalue weighted by Crippen LogP contribution is 2.19. The number of aliphatic carboxylic acids is 1. The maximum absolute atomic E-state index is 10.9. The van der Waals surface area contributed by atoms with Crippen LogP contribution in [0, 0.1) is 5.92 Å². The first-order chi connectivity index (χ1) is 8.06. The third-order valence-electron chi connectivity index (χ3n) is 3.05. The van der Waals surface area contributed by atoms with Gasteiger partial charge in [-0.15, -0.1) is 0 Å². The van der Waals surface area contributed by atoms with Crippen LogP contribution < -0.4 is 0 Å². The molecule has 2 atom stereocenters. The molecule has 0 bridgehead atoms. The molecule has 2 unspecified atom stereocenters. The van der Waals surface area contributed by atoms with Crippen LogP contribution in [0.15, 0.2) is 24.5 Å². The fourth-order valence-electron chi connectivity index (χ4n) is 1.82. The summed E-state index contributed by atoms with van der Waals surface area (Å²) in [6.07, 6.45) is 3.57. The van der Waals surface area contributed by atoms with Crippen LogP contribution >= 0.6 is 0 Å². The van der Waals surface area contributed by atoms with Crippen molar-refractivity contribution >= 4 is 5.97 Å². The van der Waals surface area contributed by atoms with Gasteiger partial charge in [0.25, 0.3) is 0 Å². The zero-order valence-corrected chi connectivity index (χ0v) is 10.6. The van der Waals surface area contributed by atoms with Gasteiger partial charge in [0.2, 0.25) is 0 Å². The van der Waals surface area contributed by atoms with E-state index in [2.05, 4.69) is 16.8 Å². The molecule has 1 N–H and O–H groups in total. The lowest BCUT2D eigenvalue weighted by atomic mass is 10.1. The first kappa shape index (κ1) is 13.6. The topological polar surface area (TPSA) is 53.4 Å². The molecule has 4 nitrogen and oxygen atoms in total. The van der Waals surface area contributed by atoms with Gasteiger partial charge in [0.1, 0.15) is 0 Å². The quantitative estimate of drug-likeness (QED) is 0.822. The number of carbonyl (C=O) groups is 1. The number of carboxylic acid groups (broad SMARTS) is 1. The average molecular weight is 236 g/mol. The number of hydrogen-bond acceptors (Lipinski definition) is 3. The number of hydrogen-bond donors (Lipinski definition) is 1. The van der Waals surface area contributed by atoms with Gasteiger partial charge < -0.3 is 5.11 Å². The molecule has 0 fully saturated rings. The third-order valence-corrected chi connectivity index (χ3v) is 3.05. The van der Waals surface area contributed by atoms with E-state index in [1.807, 2.05) is 25.3 Å². The predicted octanol–water partition coefficient (Wildman–Crippen LogP) is 2.19. The largest absolute Gasteiger partial charge is 0.481 e. The summed E-state index contributed by atoms with van der Waals surface area (Å²) < 4.78 is 0.